The first-order valence-electron chi connectivity index (χ1n) is 9.62. The highest BCUT2D eigenvalue weighted by Gasteiger charge is 2.23. The first-order chi connectivity index (χ1) is 13.1. The van der Waals surface area contributed by atoms with Crippen molar-refractivity contribution < 1.29 is 9.59 Å². The van der Waals surface area contributed by atoms with Crippen LogP contribution in [0.25, 0.3) is 10.8 Å². The average Bonchev–Trinajstić information content (AvgIpc) is 2.68. The van der Waals surface area contributed by atoms with Crippen molar-refractivity contribution in [1.82, 2.24) is 15.1 Å². The fraction of sp³-hybridized carbons (Fsp3) is 0.429. The first-order valence-corrected chi connectivity index (χ1v) is 9.62. The maximum atomic E-state index is 12.6. The smallest absolute Gasteiger partial charge is 0.321 e. The zero-order valence-corrected chi connectivity index (χ0v) is 16.1. The first kappa shape index (κ1) is 19.2. The lowest BCUT2D eigenvalue weighted by molar-refractivity contribution is -0.123. The summed E-state index contributed by atoms with van der Waals surface area (Å²) >= 11 is 0. The molecule has 1 aliphatic heterocycles. The van der Waals surface area contributed by atoms with Crippen LogP contribution in [-0.4, -0.2) is 60.5 Å². The molecule has 1 fully saturated rings. The number of carbonyl (C=O) groups excluding carboxylic acids is 2. The summed E-state index contributed by atoms with van der Waals surface area (Å²) in [4.78, 5) is 28.6. The summed E-state index contributed by atoms with van der Waals surface area (Å²) in [5.74, 6) is 0.0537. The van der Waals surface area contributed by atoms with Crippen molar-refractivity contribution in [3.63, 3.8) is 0 Å². The molecule has 1 unspecified atom stereocenters. The van der Waals surface area contributed by atoms with Crippen LogP contribution in [-0.2, 0) is 4.79 Å². The van der Waals surface area contributed by atoms with Crippen LogP contribution in [0.3, 0.4) is 0 Å². The lowest BCUT2D eigenvalue weighted by atomic mass is 10.1. The van der Waals surface area contributed by atoms with Gasteiger partial charge in [0.1, 0.15) is 0 Å². The Bertz CT molecular complexity index is 794. The molecule has 0 spiro atoms. The van der Waals surface area contributed by atoms with E-state index >= 15 is 0 Å². The average molecular weight is 368 g/mol. The van der Waals surface area contributed by atoms with Crippen LogP contribution >= 0.6 is 0 Å². The molecule has 0 bridgehead atoms. The molecule has 27 heavy (non-hydrogen) atoms. The Morgan fingerprint density at radius 1 is 1.04 bits per heavy atom. The number of amides is 3. The van der Waals surface area contributed by atoms with Crippen LogP contribution in [0.4, 0.5) is 10.5 Å². The lowest BCUT2D eigenvalue weighted by Gasteiger charge is -2.34. The van der Waals surface area contributed by atoms with Gasteiger partial charge in [-0.15, -0.1) is 0 Å². The van der Waals surface area contributed by atoms with Crippen LogP contribution in [0.1, 0.15) is 20.3 Å². The van der Waals surface area contributed by atoms with Gasteiger partial charge in [-0.3, -0.25) is 9.69 Å². The minimum absolute atomic E-state index is 0.0537. The fourth-order valence-corrected chi connectivity index (χ4v) is 3.26. The summed E-state index contributed by atoms with van der Waals surface area (Å²) in [6, 6.07) is 14.0. The molecular formula is C21H28N4O2. The quantitative estimate of drug-likeness (QED) is 0.853. The zero-order chi connectivity index (χ0) is 19.2. The summed E-state index contributed by atoms with van der Waals surface area (Å²) in [6.07, 6.45) is 0.924. The third-order valence-corrected chi connectivity index (χ3v) is 5.08. The van der Waals surface area contributed by atoms with Gasteiger partial charge in [0.25, 0.3) is 0 Å². The number of nitrogens with one attached hydrogen (secondary N) is 2. The highest BCUT2D eigenvalue weighted by atomic mass is 16.2. The SMILES string of the molecule is CCC(C)NC(=O)CN1CCN(C(=O)Nc2cccc3ccccc23)CC1. The third-order valence-electron chi connectivity index (χ3n) is 5.08. The fourth-order valence-electron chi connectivity index (χ4n) is 3.26. The number of fused-ring (bicyclic) bond motifs is 1. The van der Waals surface area contributed by atoms with Gasteiger partial charge >= 0.3 is 6.03 Å². The van der Waals surface area contributed by atoms with Crippen molar-refractivity contribution in [1.29, 1.82) is 0 Å². The van der Waals surface area contributed by atoms with Crippen LogP contribution in [0.5, 0.6) is 0 Å². The normalized spacial score (nSPS) is 16.1. The maximum absolute atomic E-state index is 12.6. The van der Waals surface area contributed by atoms with Crippen LogP contribution < -0.4 is 10.6 Å². The van der Waals surface area contributed by atoms with E-state index in [0.29, 0.717) is 32.7 Å². The zero-order valence-electron chi connectivity index (χ0n) is 16.1. The van der Waals surface area contributed by atoms with Gasteiger partial charge in [0.05, 0.1) is 12.2 Å². The molecule has 1 heterocycles. The van der Waals surface area contributed by atoms with E-state index in [1.165, 1.54) is 0 Å². The summed E-state index contributed by atoms with van der Waals surface area (Å²) in [5.41, 5.74) is 0.827. The summed E-state index contributed by atoms with van der Waals surface area (Å²) in [6.45, 7) is 7.10. The van der Waals surface area contributed by atoms with Crippen molar-refractivity contribution >= 4 is 28.4 Å². The molecule has 1 atom stereocenters. The summed E-state index contributed by atoms with van der Waals surface area (Å²) < 4.78 is 0. The monoisotopic (exact) mass is 368 g/mol. The molecule has 2 aromatic carbocycles. The van der Waals surface area contributed by atoms with E-state index in [4.69, 9.17) is 0 Å². The van der Waals surface area contributed by atoms with E-state index in [9.17, 15) is 9.59 Å². The number of rotatable bonds is 5. The topological polar surface area (TPSA) is 64.7 Å². The van der Waals surface area contributed by atoms with Gasteiger partial charge in [0.15, 0.2) is 0 Å². The van der Waals surface area contributed by atoms with E-state index in [1.807, 2.05) is 54.3 Å². The number of anilines is 1. The van der Waals surface area contributed by atoms with E-state index < -0.39 is 0 Å². The molecule has 2 aromatic rings. The van der Waals surface area contributed by atoms with Gasteiger partial charge in [-0.05, 0) is 24.8 Å². The second-order valence-electron chi connectivity index (χ2n) is 7.10. The molecule has 144 valence electrons. The van der Waals surface area contributed by atoms with Crippen molar-refractivity contribution in [3.05, 3.63) is 42.5 Å². The van der Waals surface area contributed by atoms with E-state index in [-0.39, 0.29) is 18.0 Å². The number of nitrogens with zero attached hydrogens (tertiary/aromatic N) is 2. The number of carbonyl (C=O) groups is 2. The highest BCUT2D eigenvalue weighted by molar-refractivity contribution is 6.01. The van der Waals surface area contributed by atoms with Crippen molar-refractivity contribution in [2.45, 2.75) is 26.3 Å². The summed E-state index contributed by atoms with van der Waals surface area (Å²) in [5, 5.41) is 8.16. The second kappa shape index (κ2) is 8.86. The maximum Gasteiger partial charge on any atom is 0.321 e. The standard InChI is InChI=1S/C21H28N4O2/c1-3-16(2)22-20(26)15-24-11-13-25(14-12-24)21(27)23-19-10-6-8-17-7-4-5-9-18(17)19/h4-10,16H,3,11-15H2,1-2H3,(H,22,26)(H,23,27). The van der Waals surface area contributed by atoms with E-state index in [1.54, 1.807) is 0 Å². The molecule has 0 aromatic heterocycles. The Kier molecular flexibility index (Phi) is 6.29. The Morgan fingerprint density at radius 2 is 1.74 bits per heavy atom. The number of benzene rings is 2. The Morgan fingerprint density at radius 3 is 2.48 bits per heavy atom. The Hall–Kier alpha value is -2.60. The number of urea groups is 1. The van der Waals surface area contributed by atoms with Crippen LogP contribution in [0, 0.1) is 0 Å². The van der Waals surface area contributed by atoms with Gasteiger partial charge < -0.3 is 15.5 Å². The third kappa shape index (κ3) is 4.98. The van der Waals surface area contributed by atoms with Gasteiger partial charge in [-0.2, -0.15) is 0 Å². The van der Waals surface area contributed by atoms with E-state index in [0.717, 1.165) is 22.9 Å². The van der Waals surface area contributed by atoms with Crippen molar-refractivity contribution in [2.24, 2.45) is 0 Å². The molecule has 3 rings (SSSR count). The molecule has 0 aliphatic carbocycles. The number of hydrogen-bond acceptors (Lipinski definition) is 3. The van der Waals surface area contributed by atoms with E-state index in [2.05, 4.69) is 22.5 Å². The lowest BCUT2D eigenvalue weighted by Crippen LogP contribution is -2.52. The largest absolute Gasteiger partial charge is 0.353 e. The van der Waals surface area contributed by atoms with Crippen molar-refractivity contribution in [2.75, 3.05) is 38.0 Å². The van der Waals surface area contributed by atoms with Gasteiger partial charge in [0.2, 0.25) is 5.91 Å². The molecular weight excluding hydrogens is 340 g/mol. The predicted molar refractivity (Wildman–Crippen MR) is 109 cm³/mol. The Balaban J connectivity index is 1.52. The molecule has 1 saturated heterocycles. The molecule has 2 N–H and O–H groups in total. The van der Waals surface area contributed by atoms with Gasteiger partial charge in [-0.25, -0.2) is 4.79 Å². The predicted octanol–water partition coefficient (Wildman–Crippen LogP) is 2.90. The highest BCUT2D eigenvalue weighted by Crippen LogP contribution is 2.23. The Labute approximate surface area is 160 Å². The number of hydrogen-bond donors (Lipinski definition) is 2. The minimum atomic E-state index is -0.0879. The van der Waals surface area contributed by atoms with Gasteiger partial charge in [-0.1, -0.05) is 43.3 Å². The molecule has 6 heteroatoms. The second-order valence-corrected chi connectivity index (χ2v) is 7.10. The van der Waals surface area contributed by atoms with Gasteiger partial charge in [0, 0.05) is 37.6 Å². The van der Waals surface area contributed by atoms with Crippen LogP contribution in [0.15, 0.2) is 42.5 Å². The molecule has 6 nitrogen and oxygen atoms in total. The molecule has 0 radical (unpaired) electrons. The van der Waals surface area contributed by atoms with Crippen LogP contribution in [0.2, 0.25) is 0 Å². The van der Waals surface area contributed by atoms with Crippen molar-refractivity contribution in [3.8, 4) is 0 Å². The molecule has 3 amide bonds. The minimum Gasteiger partial charge on any atom is -0.353 e. The molecule has 1 aliphatic rings. The molecule has 0 saturated carbocycles. The summed E-state index contributed by atoms with van der Waals surface area (Å²) in [7, 11) is 0. The number of piperazine rings is 1.